The van der Waals surface area contributed by atoms with Crippen LogP contribution in [-0.4, -0.2) is 71.4 Å². The average Bonchev–Trinajstić information content (AvgIpc) is 2.48. The predicted octanol–water partition coefficient (Wildman–Crippen LogP) is 1.50. The van der Waals surface area contributed by atoms with Gasteiger partial charge in [0.05, 0.1) is 11.9 Å². The Bertz CT molecular complexity index is 464. The van der Waals surface area contributed by atoms with Crippen molar-refractivity contribution in [2.45, 2.75) is 40.2 Å². The largest absolute Gasteiger partial charge is 0.379 e. The summed E-state index contributed by atoms with van der Waals surface area (Å²) < 4.78 is 30.2. The van der Waals surface area contributed by atoms with Crippen LogP contribution in [0, 0.1) is 5.41 Å². The lowest BCUT2D eigenvalue weighted by molar-refractivity contribution is 0.0205. The van der Waals surface area contributed by atoms with Crippen molar-refractivity contribution in [1.82, 2.24) is 14.9 Å². The zero-order chi connectivity index (χ0) is 18.1. The van der Waals surface area contributed by atoms with E-state index in [1.54, 1.807) is 28.1 Å². The molecule has 7 nitrogen and oxygen atoms in total. The van der Waals surface area contributed by atoms with E-state index in [9.17, 15) is 8.42 Å². The molecule has 0 spiro atoms. The fourth-order valence-corrected chi connectivity index (χ4v) is 2.87. The van der Waals surface area contributed by atoms with Crippen molar-refractivity contribution in [1.29, 1.82) is 0 Å². The van der Waals surface area contributed by atoms with Crippen molar-refractivity contribution in [3.63, 3.8) is 0 Å². The molecule has 0 saturated carbocycles. The van der Waals surface area contributed by atoms with Crippen LogP contribution in [0.25, 0.3) is 0 Å². The Morgan fingerprint density at radius 2 is 1.88 bits per heavy atom. The molecule has 0 bridgehead atoms. The van der Waals surface area contributed by atoms with Crippen LogP contribution >= 0.6 is 24.0 Å². The summed E-state index contributed by atoms with van der Waals surface area (Å²) in [6, 6.07) is 0. The Morgan fingerprint density at radius 3 is 2.29 bits per heavy atom. The zero-order valence-corrected chi connectivity index (χ0v) is 19.2. The Morgan fingerprint density at radius 1 is 1.29 bits per heavy atom. The molecule has 9 heteroatoms. The van der Waals surface area contributed by atoms with Gasteiger partial charge in [0.15, 0.2) is 5.96 Å². The summed E-state index contributed by atoms with van der Waals surface area (Å²) in [6.07, 6.45) is 0.783. The van der Waals surface area contributed by atoms with Gasteiger partial charge in [0, 0.05) is 40.8 Å². The van der Waals surface area contributed by atoms with Crippen molar-refractivity contribution >= 4 is 40.0 Å². The molecule has 0 rings (SSSR count). The van der Waals surface area contributed by atoms with Crippen LogP contribution in [0.5, 0.6) is 0 Å². The molecule has 0 aromatic rings. The van der Waals surface area contributed by atoms with E-state index in [-0.39, 0.29) is 41.2 Å². The predicted molar refractivity (Wildman–Crippen MR) is 112 cm³/mol. The lowest BCUT2D eigenvalue weighted by Gasteiger charge is -2.30. The van der Waals surface area contributed by atoms with Gasteiger partial charge in [-0.2, -0.15) is 0 Å². The van der Waals surface area contributed by atoms with Crippen molar-refractivity contribution in [3.8, 4) is 0 Å². The highest BCUT2D eigenvalue weighted by Gasteiger charge is 2.24. The maximum Gasteiger partial charge on any atom is 0.213 e. The number of nitrogens with one attached hydrogen (secondary N) is 2. The summed E-state index contributed by atoms with van der Waals surface area (Å²) >= 11 is 0. The molecule has 0 aromatic heterocycles. The molecule has 0 aliphatic rings. The highest BCUT2D eigenvalue weighted by atomic mass is 127. The first-order valence-corrected chi connectivity index (χ1v) is 9.60. The van der Waals surface area contributed by atoms with Crippen LogP contribution in [0.2, 0.25) is 0 Å². The Kier molecular flexibility index (Phi) is 13.3. The van der Waals surface area contributed by atoms with E-state index < -0.39 is 10.0 Å². The highest BCUT2D eigenvalue weighted by molar-refractivity contribution is 14.0. The number of rotatable bonds is 9. The van der Waals surface area contributed by atoms with Crippen LogP contribution in [0.1, 0.15) is 34.1 Å². The minimum absolute atomic E-state index is 0. The fourth-order valence-electron chi connectivity index (χ4n) is 2.02. The van der Waals surface area contributed by atoms with E-state index in [4.69, 9.17) is 4.74 Å². The van der Waals surface area contributed by atoms with Gasteiger partial charge < -0.3 is 15.4 Å². The Balaban J connectivity index is 0. The number of methoxy groups -OCH3 is 1. The molecular weight excluding hydrogens is 443 g/mol. The minimum atomic E-state index is -3.10. The molecule has 24 heavy (non-hydrogen) atoms. The van der Waals surface area contributed by atoms with E-state index in [1.165, 1.54) is 4.31 Å². The number of ether oxygens (including phenoxy) is 1. The van der Waals surface area contributed by atoms with Gasteiger partial charge >= 0.3 is 0 Å². The first-order chi connectivity index (χ1) is 10.6. The number of hydrogen-bond acceptors (Lipinski definition) is 4. The van der Waals surface area contributed by atoms with Gasteiger partial charge in [-0.3, -0.25) is 4.99 Å². The van der Waals surface area contributed by atoms with Crippen LogP contribution in [0.15, 0.2) is 4.99 Å². The second-order valence-corrected chi connectivity index (χ2v) is 8.91. The third-order valence-electron chi connectivity index (χ3n) is 3.71. The summed E-state index contributed by atoms with van der Waals surface area (Å²) in [5.74, 6) is 0.822. The van der Waals surface area contributed by atoms with Gasteiger partial charge in [-0.05, 0) is 18.8 Å². The lowest BCUT2D eigenvalue weighted by atomic mass is 9.89. The maximum atomic E-state index is 11.6. The molecule has 0 fully saturated rings. The molecular formula is C15H35IN4O3S. The van der Waals surface area contributed by atoms with Gasteiger partial charge in [0.1, 0.15) is 0 Å². The summed E-state index contributed by atoms with van der Waals surface area (Å²) in [7, 11) is 1.92. The number of aliphatic imine (C=N–C) groups is 1. The van der Waals surface area contributed by atoms with Gasteiger partial charge in [-0.25, -0.2) is 12.7 Å². The van der Waals surface area contributed by atoms with Gasteiger partial charge in [0.25, 0.3) is 0 Å². The maximum absolute atomic E-state index is 11.6. The number of nitrogens with zero attached hydrogens (tertiary/aromatic N) is 2. The average molecular weight is 478 g/mol. The van der Waals surface area contributed by atoms with Crippen molar-refractivity contribution in [2.24, 2.45) is 10.4 Å². The summed E-state index contributed by atoms with van der Waals surface area (Å²) in [4.78, 5) is 4.16. The highest BCUT2D eigenvalue weighted by Crippen LogP contribution is 2.20. The molecule has 2 N–H and O–H groups in total. The molecule has 0 heterocycles. The minimum Gasteiger partial charge on any atom is -0.379 e. The fraction of sp³-hybridized carbons (Fsp3) is 0.933. The molecule has 146 valence electrons. The van der Waals surface area contributed by atoms with Crippen LogP contribution in [0.4, 0.5) is 0 Å². The molecule has 1 atom stereocenters. The number of guanidine groups is 1. The first kappa shape index (κ1) is 26.1. The molecule has 1 unspecified atom stereocenters. The van der Waals surface area contributed by atoms with Crippen molar-refractivity contribution < 1.29 is 13.2 Å². The van der Waals surface area contributed by atoms with E-state index in [2.05, 4.69) is 36.4 Å². The molecule has 0 aliphatic heterocycles. The van der Waals surface area contributed by atoms with Crippen molar-refractivity contribution in [2.75, 3.05) is 46.6 Å². The van der Waals surface area contributed by atoms with Crippen LogP contribution in [-0.2, 0) is 14.8 Å². The molecule has 0 radical (unpaired) electrons. The second-order valence-electron chi connectivity index (χ2n) is 6.55. The third-order valence-corrected chi connectivity index (χ3v) is 5.57. The van der Waals surface area contributed by atoms with E-state index in [0.717, 1.165) is 0 Å². The summed E-state index contributed by atoms with van der Waals surface area (Å²) in [5.41, 5.74) is 0.0395. The second kappa shape index (κ2) is 12.3. The molecule has 0 aliphatic carbocycles. The summed E-state index contributed by atoms with van der Waals surface area (Å²) in [5, 5.41) is 6.43. The monoisotopic (exact) mass is 478 g/mol. The number of halogens is 1. The Hall–Kier alpha value is -0.130. The van der Waals surface area contributed by atoms with Gasteiger partial charge in [-0.15, -0.1) is 24.0 Å². The first-order valence-electron chi connectivity index (χ1n) is 7.99. The van der Waals surface area contributed by atoms with Crippen LogP contribution < -0.4 is 10.6 Å². The SMILES string of the molecule is CCS(=O)(=O)N(C)CCCNC(=NC)NCC(OC)C(C)(C)C.I. The topological polar surface area (TPSA) is 83.0 Å². The van der Waals surface area contributed by atoms with E-state index in [1.807, 2.05) is 0 Å². The summed E-state index contributed by atoms with van der Waals surface area (Å²) in [6.45, 7) is 9.83. The molecule has 0 amide bonds. The number of sulfonamides is 1. The zero-order valence-electron chi connectivity index (χ0n) is 16.0. The van der Waals surface area contributed by atoms with Gasteiger partial charge in [-0.1, -0.05) is 20.8 Å². The van der Waals surface area contributed by atoms with Crippen molar-refractivity contribution in [3.05, 3.63) is 0 Å². The molecule has 0 aromatic carbocycles. The van der Waals surface area contributed by atoms with E-state index >= 15 is 0 Å². The Labute approximate surface area is 165 Å². The quantitative estimate of drug-likeness (QED) is 0.227. The molecule has 0 saturated heterocycles. The standard InChI is InChI=1S/C15H34N4O3S.HI/c1-8-23(20,21)19(6)11-9-10-17-14(16-5)18-12-13(22-7)15(2,3)4;/h13H,8-12H2,1-7H3,(H2,16,17,18);1H. The number of hydrogen-bond donors (Lipinski definition) is 2. The smallest absolute Gasteiger partial charge is 0.213 e. The van der Waals surface area contributed by atoms with E-state index in [0.29, 0.717) is 32.0 Å². The normalized spacial score (nSPS) is 14.2. The lowest BCUT2D eigenvalue weighted by Crippen LogP contribution is -2.45. The third kappa shape index (κ3) is 10.00. The van der Waals surface area contributed by atoms with Crippen LogP contribution in [0.3, 0.4) is 0 Å². The van der Waals surface area contributed by atoms with Gasteiger partial charge in [0.2, 0.25) is 10.0 Å².